The second kappa shape index (κ2) is 7.98. The van der Waals surface area contributed by atoms with Crippen LogP contribution in [0.5, 0.6) is 11.6 Å². The van der Waals surface area contributed by atoms with E-state index in [4.69, 9.17) is 14.2 Å². The molecule has 2 atom stereocenters. The first-order valence-electron chi connectivity index (χ1n) is 8.25. The summed E-state index contributed by atoms with van der Waals surface area (Å²) >= 11 is 0. The Morgan fingerprint density at radius 3 is 2.84 bits per heavy atom. The third-order valence-corrected chi connectivity index (χ3v) is 4.19. The molecule has 1 saturated carbocycles. The lowest BCUT2D eigenvalue weighted by molar-refractivity contribution is 0.0940. The van der Waals surface area contributed by atoms with Gasteiger partial charge in [0.15, 0.2) is 0 Å². The topological polar surface area (TPSA) is 69.7 Å². The molecule has 1 aromatic heterocycles. The van der Waals surface area contributed by atoms with Crippen LogP contribution in [-0.2, 0) is 4.74 Å². The molecule has 1 aromatic carbocycles. The number of carbonyl (C=O) groups excluding carboxylic acids is 1. The summed E-state index contributed by atoms with van der Waals surface area (Å²) in [5, 5.41) is 3.06. The zero-order valence-electron chi connectivity index (χ0n) is 14.4. The third kappa shape index (κ3) is 4.09. The highest BCUT2D eigenvalue weighted by Crippen LogP contribution is 2.44. The van der Waals surface area contributed by atoms with Gasteiger partial charge in [-0.05, 0) is 30.2 Å². The van der Waals surface area contributed by atoms with Gasteiger partial charge in [0.25, 0.3) is 5.91 Å². The number of nitrogens with zero attached hydrogens (tertiary/aromatic N) is 1. The minimum atomic E-state index is -0.178. The van der Waals surface area contributed by atoms with Gasteiger partial charge in [0.1, 0.15) is 17.9 Å². The lowest BCUT2D eigenvalue weighted by atomic mass is 10.1. The molecular formula is C19H22N2O4. The summed E-state index contributed by atoms with van der Waals surface area (Å²) in [5.41, 5.74) is 1.56. The van der Waals surface area contributed by atoms with Crippen LogP contribution >= 0.6 is 0 Å². The predicted octanol–water partition coefficient (Wildman–Crippen LogP) is 2.40. The van der Waals surface area contributed by atoms with Gasteiger partial charge in [-0.1, -0.05) is 18.2 Å². The molecule has 0 spiro atoms. The number of hydrogen-bond donors (Lipinski definition) is 1. The smallest absolute Gasteiger partial charge is 0.257 e. The van der Waals surface area contributed by atoms with Crippen molar-refractivity contribution in [1.29, 1.82) is 0 Å². The molecule has 3 rings (SSSR count). The lowest BCUT2D eigenvalue weighted by Gasteiger charge is -2.11. The molecule has 25 heavy (non-hydrogen) atoms. The summed E-state index contributed by atoms with van der Waals surface area (Å²) in [4.78, 5) is 16.7. The maximum absolute atomic E-state index is 12.6. The summed E-state index contributed by atoms with van der Waals surface area (Å²) in [7, 11) is 3.26. The molecule has 132 valence electrons. The molecular weight excluding hydrogens is 320 g/mol. The Hall–Kier alpha value is -2.60. The number of hydrogen-bond acceptors (Lipinski definition) is 5. The maximum atomic E-state index is 12.6. The molecule has 0 bridgehead atoms. The van der Waals surface area contributed by atoms with Gasteiger partial charge in [0, 0.05) is 25.3 Å². The van der Waals surface area contributed by atoms with E-state index in [1.165, 1.54) is 0 Å². The molecule has 0 aliphatic heterocycles. The van der Waals surface area contributed by atoms with E-state index >= 15 is 0 Å². The van der Waals surface area contributed by atoms with Crippen molar-refractivity contribution in [2.24, 2.45) is 0 Å². The molecule has 1 fully saturated rings. The van der Waals surface area contributed by atoms with Crippen molar-refractivity contribution < 1.29 is 19.0 Å². The average molecular weight is 342 g/mol. The molecule has 2 aromatic rings. The van der Waals surface area contributed by atoms with Gasteiger partial charge in [-0.3, -0.25) is 4.79 Å². The highest BCUT2D eigenvalue weighted by atomic mass is 16.5. The van der Waals surface area contributed by atoms with E-state index in [1.54, 1.807) is 32.5 Å². The van der Waals surface area contributed by atoms with E-state index in [1.807, 2.05) is 24.3 Å². The molecule has 0 saturated heterocycles. The monoisotopic (exact) mass is 342 g/mol. The van der Waals surface area contributed by atoms with Crippen molar-refractivity contribution >= 4 is 5.91 Å². The van der Waals surface area contributed by atoms with Gasteiger partial charge in [-0.2, -0.15) is 0 Å². The summed E-state index contributed by atoms with van der Waals surface area (Å²) in [6.45, 7) is 0.789. The number of aromatic nitrogens is 1. The first-order valence-corrected chi connectivity index (χ1v) is 8.25. The SMILES string of the molecule is COCCOc1ncccc1C(=O)N[C@@H]1C[C@@H]1c1ccccc1OC. The summed E-state index contributed by atoms with van der Waals surface area (Å²) < 4.78 is 15.9. The van der Waals surface area contributed by atoms with Crippen LogP contribution in [0.2, 0.25) is 0 Å². The van der Waals surface area contributed by atoms with Gasteiger partial charge >= 0.3 is 0 Å². The molecule has 0 radical (unpaired) electrons. The van der Waals surface area contributed by atoms with Gasteiger partial charge in [-0.25, -0.2) is 4.98 Å². The normalized spacial score (nSPS) is 18.5. The van der Waals surface area contributed by atoms with E-state index in [0.29, 0.717) is 24.7 Å². The Morgan fingerprint density at radius 1 is 1.20 bits per heavy atom. The number of nitrogens with one attached hydrogen (secondary N) is 1. The van der Waals surface area contributed by atoms with Gasteiger partial charge in [0.05, 0.1) is 13.7 Å². The Bertz CT molecular complexity index is 735. The zero-order valence-corrected chi connectivity index (χ0v) is 14.4. The van der Waals surface area contributed by atoms with E-state index in [9.17, 15) is 4.79 Å². The van der Waals surface area contributed by atoms with Gasteiger partial charge < -0.3 is 19.5 Å². The van der Waals surface area contributed by atoms with Crippen LogP contribution in [0, 0.1) is 0 Å². The first-order chi connectivity index (χ1) is 12.2. The second-order valence-corrected chi connectivity index (χ2v) is 5.86. The minimum Gasteiger partial charge on any atom is -0.496 e. The number of methoxy groups -OCH3 is 2. The fraction of sp³-hybridized carbons (Fsp3) is 0.368. The Morgan fingerprint density at radius 2 is 2.04 bits per heavy atom. The van der Waals surface area contributed by atoms with Crippen LogP contribution in [0.1, 0.15) is 28.3 Å². The van der Waals surface area contributed by atoms with Gasteiger partial charge in [-0.15, -0.1) is 0 Å². The zero-order chi connectivity index (χ0) is 17.6. The third-order valence-electron chi connectivity index (χ3n) is 4.19. The number of amides is 1. The van der Waals surface area contributed by atoms with Gasteiger partial charge in [0.2, 0.25) is 5.88 Å². The molecule has 1 amide bonds. The molecule has 1 N–H and O–H groups in total. The molecule has 1 heterocycles. The Balaban J connectivity index is 1.64. The van der Waals surface area contributed by atoms with Crippen LogP contribution < -0.4 is 14.8 Å². The number of ether oxygens (including phenoxy) is 3. The average Bonchev–Trinajstić information content (AvgIpc) is 3.41. The van der Waals surface area contributed by atoms with E-state index in [2.05, 4.69) is 10.3 Å². The van der Waals surface area contributed by atoms with E-state index in [-0.39, 0.29) is 17.9 Å². The minimum absolute atomic E-state index is 0.0934. The Kier molecular flexibility index (Phi) is 5.50. The molecule has 6 heteroatoms. The van der Waals surface area contributed by atoms with Crippen molar-refractivity contribution in [3.8, 4) is 11.6 Å². The molecule has 1 aliphatic carbocycles. The van der Waals surface area contributed by atoms with Crippen molar-refractivity contribution in [3.05, 3.63) is 53.7 Å². The van der Waals surface area contributed by atoms with Crippen molar-refractivity contribution in [3.63, 3.8) is 0 Å². The molecule has 6 nitrogen and oxygen atoms in total. The number of para-hydroxylation sites is 1. The molecule has 0 unspecified atom stereocenters. The summed E-state index contributed by atoms with van der Waals surface area (Å²) in [6, 6.07) is 11.4. The van der Waals surface area contributed by atoms with Crippen LogP contribution in [0.3, 0.4) is 0 Å². The highest BCUT2D eigenvalue weighted by Gasteiger charge is 2.41. The highest BCUT2D eigenvalue weighted by molar-refractivity contribution is 5.96. The second-order valence-electron chi connectivity index (χ2n) is 5.86. The van der Waals surface area contributed by atoms with Crippen LogP contribution in [0.4, 0.5) is 0 Å². The Labute approximate surface area is 147 Å². The van der Waals surface area contributed by atoms with Crippen LogP contribution in [-0.4, -0.2) is 44.4 Å². The van der Waals surface area contributed by atoms with Crippen LogP contribution in [0.25, 0.3) is 0 Å². The van der Waals surface area contributed by atoms with Crippen molar-refractivity contribution in [2.45, 2.75) is 18.4 Å². The number of pyridine rings is 1. The summed E-state index contributed by atoms with van der Waals surface area (Å²) in [6.07, 6.45) is 2.50. The molecule has 1 aliphatic rings. The standard InChI is InChI=1S/C19H22N2O4/c1-23-10-11-25-19-14(7-5-9-20-19)18(22)21-16-12-15(16)13-6-3-4-8-17(13)24-2/h3-9,15-16H,10-12H2,1-2H3,(H,21,22)/t15-,16-/m1/s1. The quantitative estimate of drug-likeness (QED) is 0.746. The first kappa shape index (κ1) is 17.2. The van der Waals surface area contributed by atoms with Crippen molar-refractivity contribution in [1.82, 2.24) is 10.3 Å². The van der Waals surface area contributed by atoms with Crippen LogP contribution in [0.15, 0.2) is 42.6 Å². The number of rotatable bonds is 8. The van der Waals surface area contributed by atoms with Crippen molar-refractivity contribution in [2.75, 3.05) is 27.4 Å². The van der Waals surface area contributed by atoms with E-state index < -0.39 is 0 Å². The van der Waals surface area contributed by atoms with E-state index in [0.717, 1.165) is 17.7 Å². The predicted molar refractivity (Wildman–Crippen MR) is 93.2 cm³/mol. The number of benzene rings is 1. The maximum Gasteiger partial charge on any atom is 0.257 e. The fourth-order valence-corrected chi connectivity index (χ4v) is 2.82. The number of carbonyl (C=O) groups is 1. The summed E-state index contributed by atoms with van der Waals surface area (Å²) in [5.74, 6) is 1.28. The lowest BCUT2D eigenvalue weighted by Crippen LogP contribution is -2.27. The fourth-order valence-electron chi connectivity index (χ4n) is 2.82. The largest absolute Gasteiger partial charge is 0.496 e.